The molecule has 0 saturated carbocycles. The lowest BCUT2D eigenvalue weighted by atomic mass is 10.2. The highest BCUT2D eigenvalue weighted by Gasteiger charge is 1.99. The van der Waals surface area contributed by atoms with Gasteiger partial charge in [0.25, 0.3) is 0 Å². The maximum atomic E-state index is 12.7. The summed E-state index contributed by atoms with van der Waals surface area (Å²) in [5.41, 5.74) is 0.842. The average molecular weight is 247 g/mol. The zero-order valence-corrected chi connectivity index (χ0v) is 9.10. The Morgan fingerprint density at radius 1 is 1.46 bits per heavy atom. The van der Waals surface area contributed by atoms with Crippen LogP contribution in [0.5, 0.6) is 5.75 Å². The number of benzene rings is 1. The summed E-state index contributed by atoms with van der Waals surface area (Å²) in [5.74, 6) is 0.549. The molecule has 72 valence electrons. The van der Waals surface area contributed by atoms with Crippen LogP contribution in [-0.4, -0.2) is 11.9 Å². The molecule has 0 aliphatic rings. The van der Waals surface area contributed by atoms with Gasteiger partial charge in [-0.3, -0.25) is 0 Å². The molecule has 0 radical (unpaired) electrons. The number of alkyl halides is 1. The van der Waals surface area contributed by atoms with Crippen LogP contribution in [0.3, 0.4) is 0 Å². The fourth-order valence-corrected chi connectivity index (χ4v) is 1.24. The van der Waals surface area contributed by atoms with Crippen LogP contribution < -0.4 is 4.74 Å². The molecule has 0 fully saturated rings. The summed E-state index contributed by atoms with van der Waals surface area (Å²) >= 11 is 3.31. The van der Waals surface area contributed by atoms with E-state index in [4.69, 9.17) is 4.74 Å². The molecule has 0 amide bonds. The normalized spacial score (nSPS) is 10.1. The quantitative estimate of drug-likeness (QED) is 0.586. The second kappa shape index (κ2) is 5.22. The van der Waals surface area contributed by atoms with Crippen molar-refractivity contribution in [1.82, 2.24) is 0 Å². The highest BCUT2D eigenvalue weighted by Crippen LogP contribution is 2.18. The Balaban J connectivity index is 2.56. The van der Waals surface area contributed by atoms with Crippen LogP contribution in [0.2, 0.25) is 0 Å². The summed E-state index contributed by atoms with van der Waals surface area (Å²) < 4.78 is 18.1. The Hall–Kier alpha value is -0.570. The van der Waals surface area contributed by atoms with Crippen LogP contribution in [0.25, 0.3) is 0 Å². The fraction of sp³-hybridized carbons (Fsp3) is 0.400. The molecule has 13 heavy (non-hydrogen) atoms. The van der Waals surface area contributed by atoms with Crippen molar-refractivity contribution in [2.45, 2.75) is 13.3 Å². The highest BCUT2D eigenvalue weighted by atomic mass is 79.9. The van der Waals surface area contributed by atoms with E-state index in [1.54, 1.807) is 6.07 Å². The minimum Gasteiger partial charge on any atom is -0.493 e. The van der Waals surface area contributed by atoms with Gasteiger partial charge in [0.05, 0.1) is 6.61 Å². The molecule has 1 aromatic carbocycles. The second-order valence-corrected chi connectivity index (χ2v) is 3.59. The van der Waals surface area contributed by atoms with E-state index in [2.05, 4.69) is 15.9 Å². The third-order valence-corrected chi connectivity index (χ3v) is 2.23. The molecule has 1 aromatic rings. The van der Waals surface area contributed by atoms with Gasteiger partial charge in [0.1, 0.15) is 11.6 Å². The van der Waals surface area contributed by atoms with Crippen LogP contribution in [-0.2, 0) is 0 Å². The fourth-order valence-electron chi connectivity index (χ4n) is 1.01. The predicted octanol–water partition coefficient (Wildman–Crippen LogP) is 3.30. The van der Waals surface area contributed by atoms with Crippen molar-refractivity contribution < 1.29 is 9.13 Å². The second-order valence-electron chi connectivity index (χ2n) is 2.80. The third kappa shape index (κ3) is 3.35. The van der Waals surface area contributed by atoms with Gasteiger partial charge in [0, 0.05) is 5.33 Å². The third-order valence-electron chi connectivity index (χ3n) is 1.67. The molecule has 0 spiro atoms. The van der Waals surface area contributed by atoms with E-state index < -0.39 is 0 Å². The zero-order valence-electron chi connectivity index (χ0n) is 7.52. The Morgan fingerprint density at radius 2 is 2.23 bits per heavy atom. The van der Waals surface area contributed by atoms with E-state index in [1.807, 2.05) is 6.92 Å². The topological polar surface area (TPSA) is 9.23 Å². The summed E-state index contributed by atoms with van der Waals surface area (Å²) in [6.45, 7) is 2.50. The lowest BCUT2D eigenvalue weighted by Gasteiger charge is -2.07. The molecular weight excluding hydrogens is 235 g/mol. The molecule has 0 aliphatic carbocycles. The van der Waals surface area contributed by atoms with Gasteiger partial charge in [-0.1, -0.05) is 15.9 Å². The van der Waals surface area contributed by atoms with Gasteiger partial charge in [0.2, 0.25) is 0 Å². The number of hydrogen-bond donors (Lipinski definition) is 0. The Bertz CT molecular complexity index is 276. The van der Waals surface area contributed by atoms with E-state index >= 15 is 0 Å². The number of hydrogen-bond acceptors (Lipinski definition) is 1. The number of ether oxygens (including phenoxy) is 1. The van der Waals surface area contributed by atoms with Crippen LogP contribution in [0, 0.1) is 12.7 Å². The maximum absolute atomic E-state index is 12.7. The Morgan fingerprint density at radius 3 is 2.85 bits per heavy atom. The summed E-state index contributed by atoms with van der Waals surface area (Å²) in [6, 6.07) is 4.55. The first-order chi connectivity index (χ1) is 6.24. The van der Waals surface area contributed by atoms with E-state index in [-0.39, 0.29) is 5.82 Å². The molecule has 0 atom stereocenters. The van der Waals surface area contributed by atoms with Crippen LogP contribution in [0.15, 0.2) is 18.2 Å². The molecule has 3 heteroatoms. The molecule has 1 nitrogen and oxygen atoms in total. The summed E-state index contributed by atoms with van der Waals surface area (Å²) in [5, 5.41) is 0.924. The molecule has 0 aromatic heterocycles. The molecule has 0 bridgehead atoms. The van der Waals surface area contributed by atoms with E-state index in [0.717, 1.165) is 23.1 Å². The van der Waals surface area contributed by atoms with Crippen molar-refractivity contribution in [3.63, 3.8) is 0 Å². The van der Waals surface area contributed by atoms with Gasteiger partial charge in [-0.05, 0) is 37.1 Å². The first kappa shape index (κ1) is 10.5. The van der Waals surface area contributed by atoms with Crippen molar-refractivity contribution in [2.24, 2.45) is 0 Å². The lowest BCUT2D eigenvalue weighted by molar-refractivity contribution is 0.316. The first-order valence-corrected chi connectivity index (χ1v) is 5.31. The molecule has 0 unspecified atom stereocenters. The number of halogens is 2. The van der Waals surface area contributed by atoms with Crippen molar-refractivity contribution >= 4 is 15.9 Å². The highest BCUT2D eigenvalue weighted by molar-refractivity contribution is 9.09. The maximum Gasteiger partial charge on any atom is 0.123 e. The minimum absolute atomic E-state index is 0.217. The largest absolute Gasteiger partial charge is 0.493 e. The lowest BCUT2D eigenvalue weighted by Crippen LogP contribution is -1.99. The Labute approximate surface area is 86.0 Å². The zero-order chi connectivity index (χ0) is 9.68. The van der Waals surface area contributed by atoms with Gasteiger partial charge in [0.15, 0.2) is 0 Å². The van der Waals surface area contributed by atoms with Gasteiger partial charge < -0.3 is 4.74 Å². The molecule has 1 rings (SSSR count). The van der Waals surface area contributed by atoms with Gasteiger partial charge in [-0.2, -0.15) is 0 Å². The molecule has 0 heterocycles. The predicted molar refractivity (Wildman–Crippen MR) is 55.0 cm³/mol. The van der Waals surface area contributed by atoms with Gasteiger partial charge in [-0.25, -0.2) is 4.39 Å². The molecule has 0 N–H and O–H groups in total. The standard InChI is InChI=1S/C10H12BrFO/c1-8-7-9(12)3-4-10(8)13-6-2-5-11/h3-4,7H,2,5-6H2,1H3. The Kier molecular flexibility index (Phi) is 4.22. The van der Waals surface area contributed by atoms with Crippen molar-refractivity contribution in [3.05, 3.63) is 29.6 Å². The van der Waals surface area contributed by atoms with E-state index in [1.165, 1.54) is 12.1 Å². The first-order valence-electron chi connectivity index (χ1n) is 4.19. The number of rotatable bonds is 4. The summed E-state index contributed by atoms with van der Waals surface area (Å²) in [7, 11) is 0. The molecule has 0 saturated heterocycles. The number of aryl methyl sites for hydroxylation is 1. The molecule has 0 aliphatic heterocycles. The monoisotopic (exact) mass is 246 g/mol. The minimum atomic E-state index is -0.217. The van der Waals surface area contributed by atoms with Crippen molar-refractivity contribution in [1.29, 1.82) is 0 Å². The van der Waals surface area contributed by atoms with Crippen LogP contribution in [0.1, 0.15) is 12.0 Å². The average Bonchev–Trinajstić information content (AvgIpc) is 2.09. The van der Waals surface area contributed by atoms with Crippen molar-refractivity contribution in [3.8, 4) is 5.75 Å². The van der Waals surface area contributed by atoms with Gasteiger partial charge >= 0.3 is 0 Å². The van der Waals surface area contributed by atoms with Gasteiger partial charge in [-0.15, -0.1) is 0 Å². The summed E-state index contributed by atoms with van der Waals surface area (Å²) in [4.78, 5) is 0. The van der Waals surface area contributed by atoms with Crippen molar-refractivity contribution in [2.75, 3.05) is 11.9 Å². The van der Waals surface area contributed by atoms with Crippen LogP contribution >= 0.6 is 15.9 Å². The van der Waals surface area contributed by atoms with E-state index in [9.17, 15) is 4.39 Å². The summed E-state index contributed by atoms with van der Waals surface area (Å²) in [6.07, 6.45) is 0.955. The molecular formula is C10H12BrFO. The van der Waals surface area contributed by atoms with Crippen LogP contribution in [0.4, 0.5) is 4.39 Å². The van der Waals surface area contributed by atoms with E-state index in [0.29, 0.717) is 6.61 Å². The SMILES string of the molecule is Cc1cc(F)ccc1OCCCBr. The smallest absolute Gasteiger partial charge is 0.123 e.